The maximum atomic E-state index is 13.0. The van der Waals surface area contributed by atoms with Gasteiger partial charge in [0, 0.05) is 31.6 Å². The Morgan fingerprint density at radius 2 is 2.04 bits per heavy atom. The summed E-state index contributed by atoms with van der Waals surface area (Å²) < 4.78 is 12.2. The van der Waals surface area contributed by atoms with Gasteiger partial charge in [0.05, 0.1) is 42.0 Å². The Morgan fingerprint density at radius 1 is 1.21 bits per heavy atom. The third-order valence-electron chi connectivity index (χ3n) is 4.86. The lowest BCUT2D eigenvalue weighted by atomic mass is 10.1. The van der Waals surface area contributed by atoms with Gasteiger partial charge in [-0.1, -0.05) is 0 Å². The van der Waals surface area contributed by atoms with Crippen LogP contribution in [0.5, 0.6) is 5.88 Å². The largest absolute Gasteiger partial charge is 0.481 e. The average molecular weight is 399 g/mol. The van der Waals surface area contributed by atoms with Crippen molar-refractivity contribution in [2.24, 2.45) is 0 Å². The molecule has 0 saturated carbocycles. The van der Waals surface area contributed by atoms with E-state index in [0.29, 0.717) is 24.7 Å². The number of thiazole rings is 1. The van der Waals surface area contributed by atoms with Gasteiger partial charge in [0.1, 0.15) is 0 Å². The molecule has 0 N–H and O–H groups in total. The van der Waals surface area contributed by atoms with Gasteiger partial charge in [-0.15, -0.1) is 11.3 Å². The highest BCUT2D eigenvalue weighted by Gasteiger charge is 2.26. The molecule has 0 atom stereocenters. The molecule has 0 aliphatic carbocycles. The number of amides is 1. The number of rotatable bonds is 5. The minimum Gasteiger partial charge on any atom is -0.481 e. The van der Waals surface area contributed by atoms with Crippen LogP contribution in [0, 0.1) is 0 Å². The number of carbonyl (C=O) groups is 1. The Balaban J connectivity index is 1.66. The summed E-state index contributed by atoms with van der Waals surface area (Å²) in [6.07, 6.45) is 3.56. The number of aromatic nitrogens is 4. The highest BCUT2D eigenvalue weighted by atomic mass is 32.1. The van der Waals surface area contributed by atoms with Gasteiger partial charge in [-0.05, 0) is 25.0 Å². The number of hydrogen-bond donors (Lipinski definition) is 0. The third kappa shape index (κ3) is 3.63. The number of hydrogen-bond acceptors (Lipinski definition) is 7. The Labute approximate surface area is 166 Å². The Morgan fingerprint density at radius 3 is 2.64 bits per heavy atom. The van der Waals surface area contributed by atoms with E-state index in [1.54, 1.807) is 42.7 Å². The fraction of sp³-hybridized carbons (Fsp3) is 0.368. The molecule has 1 aliphatic heterocycles. The topological polar surface area (TPSA) is 82.4 Å². The van der Waals surface area contributed by atoms with E-state index in [0.717, 1.165) is 29.9 Å². The van der Waals surface area contributed by atoms with Crippen molar-refractivity contribution in [1.29, 1.82) is 0 Å². The van der Waals surface area contributed by atoms with Crippen molar-refractivity contribution in [3.8, 4) is 23.0 Å². The number of nitrogens with zero attached hydrogens (tertiary/aromatic N) is 5. The molecule has 3 aromatic rings. The lowest BCUT2D eigenvalue weighted by molar-refractivity contribution is 0.0347. The SMILES string of the molecule is COc1ccc(-n2nc(C(=O)N3CCC(OC)CC3)cc2-c2cscn2)cn1. The van der Waals surface area contributed by atoms with Crippen LogP contribution in [0.2, 0.25) is 0 Å². The maximum Gasteiger partial charge on any atom is 0.274 e. The molecule has 0 radical (unpaired) electrons. The van der Waals surface area contributed by atoms with Crippen LogP contribution in [0.4, 0.5) is 0 Å². The number of carbonyl (C=O) groups excluding carboxylic acids is 1. The zero-order chi connectivity index (χ0) is 19.5. The Bertz CT molecular complexity index is 931. The first kappa shape index (κ1) is 18.6. The van der Waals surface area contributed by atoms with Crippen molar-refractivity contribution in [2.75, 3.05) is 27.3 Å². The molecular formula is C19H21N5O3S. The first-order valence-electron chi connectivity index (χ1n) is 9.00. The summed E-state index contributed by atoms with van der Waals surface area (Å²) in [7, 11) is 3.28. The summed E-state index contributed by atoms with van der Waals surface area (Å²) in [6.45, 7) is 1.33. The second-order valence-electron chi connectivity index (χ2n) is 6.49. The van der Waals surface area contributed by atoms with Crippen LogP contribution in [0.15, 0.2) is 35.3 Å². The van der Waals surface area contributed by atoms with Crippen LogP contribution in [0.25, 0.3) is 17.1 Å². The molecule has 4 rings (SSSR count). The Kier molecular flexibility index (Phi) is 5.36. The normalized spacial score (nSPS) is 15.0. The highest BCUT2D eigenvalue weighted by Crippen LogP contribution is 2.25. The highest BCUT2D eigenvalue weighted by molar-refractivity contribution is 7.07. The summed E-state index contributed by atoms with van der Waals surface area (Å²) in [5.41, 5.74) is 4.42. The number of piperidine rings is 1. The van der Waals surface area contributed by atoms with E-state index in [1.165, 1.54) is 11.3 Å². The number of pyridine rings is 1. The van der Waals surface area contributed by atoms with E-state index < -0.39 is 0 Å². The molecule has 0 aromatic carbocycles. The van der Waals surface area contributed by atoms with Crippen LogP contribution < -0.4 is 4.74 Å². The van der Waals surface area contributed by atoms with Gasteiger partial charge >= 0.3 is 0 Å². The van der Waals surface area contributed by atoms with E-state index in [9.17, 15) is 4.79 Å². The zero-order valence-corrected chi connectivity index (χ0v) is 16.6. The third-order valence-corrected chi connectivity index (χ3v) is 5.45. The average Bonchev–Trinajstić information content (AvgIpc) is 3.43. The summed E-state index contributed by atoms with van der Waals surface area (Å²) in [5.74, 6) is 0.440. The first-order valence-corrected chi connectivity index (χ1v) is 9.95. The second-order valence-corrected chi connectivity index (χ2v) is 7.21. The Hall–Kier alpha value is -2.78. The van der Waals surface area contributed by atoms with Crippen molar-refractivity contribution in [2.45, 2.75) is 18.9 Å². The van der Waals surface area contributed by atoms with Crippen LogP contribution >= 0.6 is 11.3 Å². The molecule has 9 heteroatoms. The van der Waals surface area contributed by atoms with Crippen molar-refractivity contribution < 1.29 is 14.3 Å². The molecule has 8 nitrogen and oxygen atoms in total. The zero-order valence-electron chi connectivity index (χ0n) is 15.7. The standard InChI is InChI=1S/C19H21N5O3S/c1-26-14-5-7-23(8-6-14)19(25)15-9-17(16-11-28-12-21-16)24(22-15)13-3-4-18(27-2)20-10-13/h3-4,9-12,14H,5-8H2,1-2H3. The lowest BCUT2D eigenvalue weighted by Crippen LogP contribution is -2.40. The van der Waals surface area contributed by atoms with E-state index >= 15 is 0 Å². The van der Waals surface area contributed by atoms with Gasteiger partial charge in [-0.2, -0.15) is 5.10 Å². The van der Waals surface area contributed by atoms with Crippen molar-refractivity contribution in [1.82, 2.24) is 24.6 Å². The number of likely N-dealkylation sites (tertiary alicyclic amines) is 1. The number of ether oxygens (including phenoxy) is 2. The summed E-state index contributed by atoms with van der Waals surface area (Å²) in [4.78, 5) is 23.5. The van der Waals surface area contributed by atoms with Crippen LogP contribution in [-0.2, 0) is 4.74 Å². The second kappa shape index (κ2) is 8.07. The molecule has 4 heterocycles. The van der Waals surface area contributed by atoms with Crippen molar-refractivity contribution in [3.05, 3.63) is 41.0 Å². The molecule has 0 unspecified atom stereocenters. The molecule has 1 aliphatic rings. The van der Waals surface area contributed by atoms with Crippen LogP contribution in [-0.4, -0.2) is 64.0 Å². The molecule has 1 amide bonds. The quantitative estimate of drug-likeness (QED) is 0.656. The molecule has 3 aromatic heterocycles. The predicted octanol–water partition coefficient (Wildman–Crippen LogP) is 2.65. The van der Waals surface area contributed by atoms with Crippen molar-refractivity contribution >= 4 is 17.2 Å². The van der Waals surface area contributed by atoms with Gasteiger partial charge < -0.3 is 14.4 Å². The fourth-order valence-corrected chi connectivity index (χ4v) is 3.82. The van der Waals surface area contributed by atoms with Crippen LogP contribution in [0.3, 0.4) is 0 Å². The van der Waals surface area contributed by atoms with Gasteiger partial charge in [-0.25, -0.2) is 14.6 Å². The van der Waals surface area contributed by atoms with Gasteiger partial charge in [0.25, 0.3) is 5.91 Å². The van der Waals surface area contributed by atoms with Crippen molar-refractivity contribution in [3.63, 3.8) is 0 Å². The monoisotopic (exact) mass is 399 g/mol. The first-order chi connectivity index (χ1) is 13.7. The molecular weight excluding hydrogens is 378 g/mol. The van der Waals surface area contributed by atoms with E-state index in [2.05, 4.69) is 15.1 Å². The maximum absolute atomic E-state index is 13.0. The fourth-order valence-electron chi connectivity index (χ4n) is 3.28. The summed E-state index contributed by atoms with van der Waals surface area (Å²) in [6, 6.07) is 5.41. The minimum absolute atomic E-state index is 0.0775. The summed E-state index contributed by atoms with van der Waals surface area (Å²) >= 11 is 1.50. The van der Waals surface area contributed by atoms with E-state index in [-0.39, 0.29) is 12.0 Å². The smallest absolute Gasteiger partial charge is 0.274 e. The minimum atomic E-state index is -0.0775. The molecule has 0 spiro atoms. The molecule has 28 heavy (non-hydrogen) atoms. The summed E-state index contributed by atoms with van der Waals surface area (Å²) in [5, 5.41) is 6.52. The van der Waals surface area contributed by atoms with E-state index in [1.807, 2.05) is 16.3 Å². The molecule has 1 fully saturated rings. The molecule has 1 saturated heterocycles. The van der Waals surface area contributed by atoms with Gasteiger partial charge in [-0.3, -0.25) is 4.79 Å². The van der Waals surface area contributed by atoms with Crippen LogP contribution in [0.1, 0.15) is 23.3 Å². The lowest BCUT2D eigenvalue weighted by Gasteiger charge is -2.30. The predicted molar refractivity (Wildman–Crippen MR) is 105 cm³/mol. The van der Waals surface area contributed by atoms with Gasteiger partial charge in [0.2, 0.25) is 5.88 Å². The number of methoxy groups -OCH3 is 2. The molecule has 146 valence electrons. The van der Waals surface area contributed by atoms with E-state index in [4.69, 9.17) is 9.47 Å². The molecule has 0 bridgehead atoms. The van der Waals surface area contributed by atoms with Gasteiger partial charge in [0.15, 0.2) is 5.69 Å².